The average molecular weight is 306 g/mol. The largest absolute Gasteiger partial charge is 0.497 e. The second-order valence-corrected chi connectivity index (χ2v) is 5.35. The summed E-state index contributed by atoms with van der Waals surface area (Å²) in [7, 11) is 3.32. The predicted molar refractivity (Wildman–Crippen MR) is 87.8 cm³/mol. The van der Waals surface area contributed by atoms with E-state index in [1.165, 1.54) is 0 Å². The highest BCUT2D eigenvalue weighted by Crippen LogP contribution is 2.32. The number of aryl methyl sites for hydroxylation is 1. The standard InChI is InChI=1S/C17H20ClNO2/c1-11-5-6-13(9-16(11)18)19-12(2)15-10-14(20-3)7-8-17(15)21-4/h5-10,12,19H,1-4H3. The summed E-state index contributed by atoms with van der Waals surface area (Å²) in [6, 6.07) is 11.8. The Kier molecular flexibility index (Phi) is 4.97. The summed E-state index contributed by atoms with van der Waals surface area (Å²) in [4.78, 5) is 0. The summed E-state index contributed by atoms with van der Waals surface area (Å²) in [5.74, 6) is 1.63. The molecule has 0 aliphatic heterocycles. The number of hydrogen-bond acceptors (Lipinski definition) is 3. The molecule has 112 valence electrons. The first-order chi connectivity index (χ1) is 10.0. The minimum absolute atomic E-state index is 0.0637. The van der Waals surface area contributed by atoms with Gasteiger partial charge < -0.3 is 14.8 Å². The molecule has 0 heterocycles. The van der Waals surface area contributed by atoms with Gasteiger partial charge in [0.1, 0.15) is 11.5 Å². The molecule has 0 aliphatic rings. The Bertz CT molecular complexity index is 628. The van der Waals surface area contributed by atoms with Gasteiger partial charge in [0.15, 0.2) is 0 Å². The predicted octanol–water partition coefficient (Wildman–Crippen LogP) is 4.84. The van der Waals surface area contributed by atoms with Crippen LogP contribution in [0.1, 0.15) is 24.1 Å². The fraction of sp³-hybridized carbons (Fsp3) is 0.294. The van der Waals surface area contributed by atoms with E-state index in [9.17, 15) is 0 Å². The van der Waals surface area contributed by atoms with Crippen LogP contribution < -0.4 is 14.8 Å². The second kappa shape index (κ2) is 6.72. The molecule has 0 aliphatic carbocycles. The maximum atomic E-state index is 6.16. The first-order valence-electron chi connectivity index (χ1n) is 6.79. The van der Waals surface area contributed by atoms with Crippen LogP contribution in [-0.4, -0.2) is 14.2 Å². The van der Waals surface area contributed by atoms with Crippen molar-refractivity contribution in [1.29, 1.82) is 0 Å². The van der Waals surface area contributed by atoms with E-state index < -0.39 is 0 Å². The van der Waals surface area contributed by atoms with Crippen LogP contribution in [0.5, 0.6) is 11.5 Å². The highest BCUT2D eigenvalue weighted by molar-refractivity contribution is 6.31. The van der Waals surface area contributed by atoms with Crippen molar-refractivity contribution in [2.24, 2.45) is 0 Å². The summed E-state index contributed by atoms with van der Waals surface area (Å²) in [5, 5.41) is 4.19. The first-order valence-corrected chi connectivity index (χ1v) is 7.17. The van der Waals surface area contributed by atoms with Crippen molar-refractivity contribution in [3.63, 3.8) is 0 Å². The number of ether oxygens (including phenoxy) is 2. The van der Waals surface area contributed by atoms with E-state index in [4.69, 9.17) is 21.1 Å². The Balaban J connectivity index is 2.26. The van der Waals surface area contributed by atoms with E-state index in [0.717, 1.165) is 33.3 Å². The van der Waals surface area contributed by atoms with E-state index in [-0.39, 0.29) is 6.04 Å². The number of benzene rings is 2. The molecule has 0 amide bonds. The lowest BCUT2D eigenvalue weighted by molar-refractivity contribution is 0.397. The van der Waals surface area contributed by atoms with E-state index in [1.807, 2.05) is 43.3 Å². The Labute approximate surface area is 130 Å². The van der Waals surface area contributed by atoms with Gasteiger partial charge in [0.2, 0.25) is 0 Å². The van der Waals surface area contributed by atoms with Crippen LogP contribution in [0, 0.1) is 6.92 Å². The van der Waals surface area contributed by atoms with Crippen molar-refractivity contribution in [2.75, 3.05) is 19.5 Å². The Morgan fingerprint density at radius 3 is 2.43 bits per heavy atom. The SMILES string of the molecule is COc1ccc(OC)c(C(C)Nc2ccc(C)c(Cl)c2)c1. The molecule has 0 fully saturated rings. The van der Waals surface area contributed by atoms with Gasteiger partial charge >= 0.3 is 0 Å². The molecule has 1 atom stereocenters. The van der Waals surface area contributed by atoms with E-state index in [1.54, 1.807) is 14.2 Å². The van der Waals surface area contributed by atoms with Crippen molar-refractivity contribution in [3.8, 4) is 11.5 Å². The number of rotatable bonds is 5. The van der Waals surface area contributed by atoms with Crippen molar-refractivity contribution in [3.05, 3.63) is 52.5 Å². The molecule has 2 aromatic carbocycles. The number of hydrogen-bond donors (Lipinski definition) is 1. The minimum atomic E-state index is 0.0637. The third-order valence-electron chi connectivity index (χ3n) is 3.46. The first kappa shape index (κ1) is 15.5. The molecule has 4 heteroatoms. The summed E-state index contributed by atoms with van der Waals surface area (Å²) in [6.07, 6.45) is 0. The van der Waals surface area contributed by atoms with Crippen LogP contribution in [0.25, 0.3) is 0 Å². The van der Waals surface area contributed by atoms with Crippen LogP contribution in [0.2, 0.25) is 5.02 Å². The number of nitrogens with one attached hydrogen (secondary N) is 1. The molecule has 0 aromatic heterocycles. The molecule has 2 aromatic rings. The summed E-state index contributed by atoms with van der Waals surface area (Å²) >= 11 is 6.16. The fourth-order valence-corrected chi connectivity index (χ4v) is 2.37. The van der Waals surface area contributed by atoms with Crippen LogP contribution in [0.3, 0.4) is 0 Å². The molecule has 3 nitrogen and oxygen atoms in total. The molecule has 21 heavy (non-hydrogen) atoms. The van der Waals surface area contributed by atoms with Crippen molar-refractivity contribution in [2.45, 2.75) is 19.9 Å². The van der Waals surface area contributed by atoms with Gasteiger partial charge in [-0.15, -0.1) is 0 Å². The van der Waals surface area contributed by atoms with E-state index >= 15 is 0 Å². The zero-order valence-electron chi connectivity index (χ0n) is 12.7. The minimum Gasteiger partial charge on any atom is -0.497 e. The Morgan fingerprint density at radius 1 is 1.05 bits per heavy atom. The van der Waals surface area contributed by atoms with Gasteiger partial charge in [-0.1, -0.05) is 17.7 Å². The quantitative estimate of drug-likeness (QED) is 0.857. The molecule has 0 bridgehead atoms. The lowest BCUT2D eigenvalue weighted by Gasteiger charge is -2.19. The summed E-state index contributed by atoms with van der Waals surface area (Å²) in [6.45, 7) is 4.06. The lowest BCUT2D eigenvalue weighted by Crippen LogP contribution is -2.08. The van der Waals surface area contributed by atoms with Crippen LogP contribution in [0.15, 0.2) is 36.4 Å². The Morgan fingerprint density at radius 2 is 1.81 bits per heavy atom. The smallest absolute Gasteiger partial charge is 0.124 e. The van der Waals surface area contributed by atoms with Crippen LogP contribution >= 0.6 is 11.6 Å². The van der Waals surface area contributed by atoms with Crippen molar-refractivity contribution in [1.82, 2.24) is 0 Å². The van der Waals surface area contributed by atoms with Gasteiger partial charge in [-0.3, -0.25) is 0 Å². The van der Waals surface area contributed by atoms with E-state index in [0.29, 0.717) is 0 Å². The topological polar surface area (TPSA) is 30.5 Å². The van der Waals surface area contributed by atoms with Crippen LogP contribution in [0.4, 0.5) is 5.69 Å². The molecule has 2 rings (SSSR count). The molecule has 0 saturated carbocycles. The highest BCUT2D eigenvalue weighted by Gasteiger charge is 2.13. The zero-order valence-corrected chi connectivity index (χ0v) is 13.5. The van der Waals surface area contributed by atoms with Gasteiger partial charge in [-0.25, -0.2) is 0 Å². The third-order valence-corrected chi connectivity index (χ3v) is 3.87. The van der Waals surface area contributed by atoms with E-state index in [2.05, 4.69) is 12.2 Å². The van der Waals surface area contributed by atoms with Gasteiger partial charge in [-0.05, 0) is 49.7 Å². The van der Waals surface area contributed by atoms with Crippen molar-refractivity contribution < 1.29 is 9.47 Å². The molecule has 1 N–H and O–H groups in total. The molecular weight excluding hydrogens is 286 g/mol. The normalized spacial score (nSPS) is 11.9. The highest BCUT2D eigenvalue weighted by atomic mass is 35.5. The third kappa shape index (κ3) is 3.61. The monoisotopic (exact) mass is 305 g/mol. The van der Waals surface area contributed by atoms with Gasteiger partial charge in [0.25, 0.3) is 0 Å². The molecule has 1 unspecified atom stereocenters. The molecule has 0 radical (unpaired) electrons. The Hall–Kier alpha value is -1.87. The molecular formula is C17H20ClNO2. The van der Waals surface area contributed by atoms with Gasteiger partial charge in [-0.2, -0.15) is 0 Å². The van der Waals surface area contributed by atoms with Gasteiger partial charge in [0, 0.05) is 16.3 Å². The second-order valence-electron chi connectivity index (χ2n) is 4.94. The van der Waals surface area contributed by atoms with Crippen LogP contribution in [-0.2, 0) is 0 Å². The fourth-order valence-electron chi connectivity index (χ4n) is 2.19. The number of anilines is 1. The maximum Gasteiger partial charge on any atom is 0.124 e. The molecule has 0 spiro atoms. The number of halogens is 1. The van der Waals surface area contributed by atoms with Gasteiger partial charge in [0.05, 0.1) is 20.3 Å². The summed E-state index contributed by atoms with van der Waals surface area (Å²) in [5.41, 5.74) is 3.07. The van der Waals surface area contributed by atoms with Crippen molar-refractivity contribution >= 4 is 17.3 Å². The maximum absolute atomic E-state index is 6.16. The summed E-state index contributed by atoms with van der Waals surface area (Å²) < 4.78 is 10.7. The molecule has 0 saturated heterocycles. The zero-order chi connectivity index (χ0) is 15.4. The average Bonchev–Trinajstić information content (AvgIpc) is 2.50. The number of methoxy groups -OCH3 is 2. The lowest BCUT2D eigenvalue weighted by atomic mass is 10.1.